The van der Waals surface area contributed by atoms with Crippen molar-refractivity contribution in [3.63, 3.8) is 0 Å². The Morgan fingerprint density at radius 3 is 2.00 bits per heavy atom. The van der Waals surface area contributed by atoms with E-state index in [1.54, 1.807) is 0 Å². The van der Waals surface area contributed by atoms with Crippen LogP contribution in [0.5, 0.6) is 0 Å². The van der Waals surface area contributed by atoms with Crippen molar-refractivity contribution in [1.29, 1.82) is 0 Å². The van der Waals surface area contributed by atoms with Crippen molar-refractivity contribution in [2.45, 2.75) is 31.4 Å². The van der Waals surface area contributed by atoms with Gasteiger partial charge in [0.2, 0.25) is 0 Å². The minimum Gasteiger partial charge on any atom is -0.375 e. The van der Waals surface area contributed by atoms with Crippen LogP contribution < -0.4 is 0 Å². The molecule has 0 unspecified atom stereocenters. The molecule has 15 heavy (non-hydrogen) atoms. The monoisotopic (exact) mass is 252 g/mol. The Hall–Kier alpha value is -0.0400. The van der Waals surface area contributed by atoms with E-state index in [2.05, 4.69) is 17.4 Å². The van der Waals surface area contributed by atoms with Crippen molar-refractivity contribution < 1.29 is 26.7 Å². The van der Waals surface area contributed by atoms with Crippen LogP contribution in [-0.2, 0) is 4.74 Å². The first-order chi connectivity index (χ1) is 6.81. The topological polar surface area (TPSA) is 9.23 Å². The summed E-state index contributed by atoms with van der Waals surface area (Å²) >= 11 is 3.92. The highest BCUT2D eigenvalue weighted by molar-refractivity contribution is 7.80. The van der Waals surface area contributed by atoms with Crippen LogP contribution in [0.15, 0.2) is 0 Å². The number of rotatable bonds is 7. The average Bonchev–Trinajstić information content (AvgIpc) is 2.09. The molecule has 0 amide bonds. The third-order valence-electron chi connectivity index (χ3n) is 1.64. The first-order valence-electron chi connectivity index (χ1n) is 4.44. The molecule has 0 saturated heterocycles. The van der Waals surface area contributed by atoms with Crippen molar-refractivity contribution >= 4 is 12.6 Å². The molecule has 0 spiro atoms. The van der Waals surface area contributed by atoms with Gasteiger partial charge in [0.1, 0.15) is 6.61 Å². The maximum atomic E-state index is 12.2. The molecule has 0 saturated carbocycles. The van der Waals surface area contributed by atoms with Gasteiger partial charge in [-0.3, -0.25) is 0 Å². The Morgan fingerprint density at radius 2 is 1.53 bits per heavy atom. The zero-order valence-corrected chi connectivity index (χ0v) is 8.88. The molecule has 0 aromatic rings. The lowest BCUT2D eigenvalue weighted by Crippen LogP contribution is -2.40. The number of alkyl halides is 5. The van der Waals surface area contributed by atoms with Crippen LogP contribution in [0.4, 0.5) is 22.0 Å². The fourth-order valence-corrected chi connectivity index (χ4v) is 0.998. The van der Waals surface area contributed by atoms with Crippen LogP contribution in [0.3, 0.4) is 0 Å². The molecule has 0 fully saturated rings. The van der Waals surface area contributed by atoms with E-state index in [4.69, 9.17) is 0 Å². The summed E-state index contributed by atoms with van der Waals surface area (Å²) in [4.78, 5) is 0. The Morgan fingerprint density at radius 1 is 0.933 bits per heavy atom. The Labute approximate surface area is 90.4 Å². The summed E-state index contributed by atoms with van der Waals surface area (Å²) in [6, 6.07) is 0. The van der Waals surface area contributed by atoms with Crippen molar-refractivity contribution in [2.24, 2.45) is 0 Å². The van der Waals surface area contributed by atoms with Crippen molar-refractivity contribution in [1.82, 2.24) is 0 Å². The molecule has 0 atom stereocenters. The number of hydrogen-bond donors (Lipinski definition) is 1. The predicted octanol–water partition coefficient (Wildman–Crippen LogP) is 3.30. The lowest BCUT2D eigenvalue weighted by molar-refractivity contribution is -0.296. The number of halogens is 5. The van der Waals surface area contributed by atoms with E-state index < -0.39 is 18.7 Å². The standard InChI is InChI=1S/C8H13F5OS/c9-7(10,8(11,12)13)6-14-4-2-1-3-5-15/h15H,1-6H2. The third kappa shape index (κ3) is 6.19. The quantitative estimate of drug-likeness (QED) is 0.415. The summed E-state index contributed by atoms with van der Waals surface area (Å²) in [5.41, 5.74) is 0. The van der Waals surface area contributed by atoms with Crippen LogP contribution in [0.25, 0.3) is 0 Å². The van der Waals surface area contributed by atoms with Crippen molar-refractivity contribution in [3.8, 4) is 0 Å². The Kier molecular flexibility index (Phi) is 6.51. The van der Waals surface area contributed by atoms with Gasteiger partial charge < -0.3 is 4.74 Å². The number of hydrogen-bond acceptors (Lipinski definition) is 2. The van der Waals surface area contributed by atoms with E-state index in [-0.39, 0.29) is 6.61 Å². The number of thiol groups is 1. The highest BCUT2D eigenvalue weighted by Crippen LogP contribution is 2.35. The molecule has 0 rings (SSSR count). The van der Waals surface area contributed by atoms with Crippen LogP contribution in [-0.4, -0.2) is 31.1 Å². The highest BCUT2D eigenvalue weighted by Gasteiger charge is 2.57. The van der Waals surface area contributed by atoms with E-state index in [0.29, 0.717) is 18.6 Å². The first kappa shape index (κ1) is 15.0. The SMILES string of the molecule is FC(F)(F)C(F)(F)COCCCCCS. The van der Waals surface area contributed by atoms with Crippen LogP contribution in [0.1, 0.15) is 19.3 Å². The molecule has 0 aromatic heterocycles. The molecule has 0 bridgehead atoms. The first-order valence-corrected chi connectivity index (χ1v) is 5.07. The van der Waals surface area contributed by atoms with Gasteiger partial charge in [-0.25, -0.2) is 0 Å². The second-order valence-electron chi connectivity index (χ2n) is 3.04. The third-order valence-corrected chi connectivity index (χ3v) is 1.96. The van der Waals surface area contributed by atoms with Gasteiger partial charge in [0, 0.05) is 6.61 Å². The summed E-state index contributed by atoms with van der Waals surface area (Å²) in [7, 11) is 0. The summed E-state index contributed by atoms with van der Waals surface area (Å²) in [5, 5.41) is 0. The summed E-state index contributed by atoms with van der Waals surface area (Å²) in [5.74, 6) is -4.09. The van der Waals surface area contributed by atoms with Gasteiger partial charge in [-0.05, 0) is 18.6 Å². The molecule has 1 nitrogen and oxygen atoms in total. The normalized spacial score (nSPS) is 13.2. The predicted molar refractivity (Wildman–Crippen MR) is 49.5 cm³/mol. The lowest BCUT2D eigenvalue weighted by atomic mass is 10.3. The van der Waals surface area contributed by atoms with E-state index in [1.165, 1.54) is 0 Å². The second kappa shape index (κ2) is 6.52. The fourth-order valence-electron chi connectivity index (χ4n) is 0.775. The van der Waals surface area contributed by atoms with Gasteiger partial charge in [0.15, 0.2) is 0 Å². The van der Waals surface area contributed by atoms with Crippen molar-refractivity contribution in [3.05, 3.63) is 0 Å². The van der Waals surface area contributed by atoms with E-state index >= 15 is 0 Å². The molecule has 0 aliphatic rings. The Bertz CT molecular complexity index is 171. The van der Waals surface area contributed by atoms with Crippen LogP contribution >= 0.6 is 12.6 Å². The molecule has 0 aliphatic carbocycles. The minimum atomic E-state index is -5.53. The van der Waals surface area contributed by atoms with Gasteiger partial charge in [0.25, 0.3) is 0 Å². The summed E-state index contributed by atoms with van der Waals surface area (Å²) in [6.45, 7) is -1.68. The molecule has 0 aliphatic heterocycles. The molecule has 0 heterocycles. The van der Waals surface area contributed by atoms with Gasteiger partial charge >= 0.3 is 12.1 Å². The molecular weight excluding hydrogens is 239 g/mol. The maximum Gasteiger partial charge on any atom is 0.455 e. The number of unbranched alkanes of at least 4 members (excludes halogenated alkanes) is 2. The Balaban J connectivity index is 3.58. The van der Waals surface area contributed by atoms with Crippen molar-refractivity contribution in [2.75, 3.05) is 19.0 Å². The van der Waals surface area contributed by atoms with E-state index in [0.717, 1.165) is 6.42 Å². The summed E-state index contributed by atoms with van der Waals surface area (Å²) < 4.78 is 63.6. The van der Waals surface area contributed by atoms with E-state index in [1.807, 2.05) is 0 Å². The summed E-state index contributed by atoms with van der Waals surface area (Å²) in [6.07, 6.45) is -3.56. The molecule has 0 radical (unpaired) electrons. The maximum absolute atomic E-state index is 12.2. The fraction of sp³-hybridized carbons (Fsp3) is 1.00. The van der Waals surface area contributed by atoms with Gasteiger partial charge in [-0.15, -0.1) is 0 Å². The van der Waals surface area contributed by atoms with Gasteiger partial charge in [-0.1, -0.05) is 6.42 Å². The molecular formula is C8H13F5OS. The van der Waals surface area contributed by atoms with Gasteiger partial charge in [-0.2, -0.15) is 34.6 Å². The largest absolute Gasteiger partial charge is 0.455 e. The molecule has 0 aromatic carbocycles. The molecule has 7 heteroatoms. The lowest BCUT2D eigenvalue weighted by Gasteiger charge is -2.19. The van der Waals surface area contributed by atoms with Crippen LogP contribution in [0.2, 0.25) is 0 Å². The zero-order valence-electron chi connectivity index (χ0n) is 7.99. The van der Waals surface area contributed by atoms with Gasteiger partial charge in [0.05, 0.1) is 0 Å². The van der Waals surface area contributed by atoms with Crippen LogP contribution in [0, 0.1) is 0 Å². The molecule has 92 valence electrons. The smallest absolute Gasteiger partial charge is 0.375 e. The zero-order chi connectivity index (χ0) is 11.9. The molecule has 0 N–H and O–H groups in total. The average molecular weight is 252 g/mol. The minimum absolute atomic E-state index is 0.0839. The second-order valence-corrected chi connectivity index (χ2v) is 3.49. The highest BCUT2D eigenvalue weighted by atomic mass is 32.1. The number of ether oxygens (including phenoxy) is 1. The van der Waals surface area contributed by atoms with E-state index in [9.17, 15) is 22.0 Å².